The highest BCUT2D eigenvalue weighted by Crippen LogP contribution is 2.48. The summed E-state index contributed by atoms with van der Waals surface area (Å²) in [7, 11) is 0. The molecule has 0 saturated carbocycles. The average Bonchev–Trinajstić information content (AvgIpc) is 3.40. The minimum absolute atomic E-state index is 0.328. The van der Waals surface area contributed by atoms with Crippen molar-refractivity contribution in [3.8, 4) is 11.5 Å². The lowest BCUT2D eigenvalue weighted by molar-refractivity contribution is 0.0354. The Balaban J connectivity index is 1.41. The zero-order valence-electron chi connectivity index (χ0n) is 16.0. The predicted molar refractivity (Wildman–Crippen MR) is 108 cm³/mol. The molecule has 146 valence electrons. The summed E-state index contributed by atoms with van der Waals surface area (Å²) in [5.74, 6) is 4.03. The van der Waals surface area contributed by atoms with E-state index >= 15 is 0 Å². The van der Waals surface area contributed by atoms with Crippen LogP contribution >= 0.6 is 11.8 Å². The molecule has 2 aromatic rings. The fourth-order valence-electron chi connectivity index (χ4n) is 5.71. The van der Waals surface area contributed by atoms with Gasteiger partial charge < -0.3 is 14.4 Å². The van der Waals surface area contributed by atoms with Gasteiger partial charge in [-0.2, -0.15) is 0 Å². The molecule has 4 saturated heterocycles. The van der Waals surface area contributed by atoms with Crippen LogP contribution in [0, 0.1) is 5.92 Å². The van der Waals surface area contributed by atoms with Gasteiger partial charge in [0.25, 0.3) is 0 Å². The maximum absolute atomic E-state index is 5.67. The number of hydrogen-bond donors (Lipinski definition) is 0. The second-order valence-corrected chi connectivity index (χ2v) is 8.90. The standard InChI is InChI=1S/C21H24N4O2S/c1-28-21-22-7-4-18(23-21)25-11-15(14-2-3-16-17(10-14)27-12-26-16)20-19(25)13-5-8-24(20)9-6-13/h2-4,7,10,13,15,19-20H,5-6,8-9,11-12H2,1H3/t15-,19+,20+/m0/s1. The SMILES string of the molecule is CSc1nccc(N2C[C@@H](c3ccc4c(c3)OCO4)[C@@H]3[C@H]2C2CCN3CC2)n1. The van der Waals surface area contributed by atoms with Gasteiger partial charge in [0, 0.05) is 30.7 Å². The fraction of sp³-hybridized carbons (Fsp3) is 0.524. The minimum Gasteiger partial charge on any atom is -0.454 e. The number of rotatable bonds is 3. The zero-order chi connectivity index (χ0) is 18.7. The molecule has 2 bridgehead atoms. The molecule has 0 N–H and O–H groups in total. The molecule has 1 aromatic heterocycles. The van der Waals surface area contributed by atoms with Gasteiger partial charge in [0.2, 0.25) is 6.79 Å². The lowest BCUT2D eigenvalue weighted by Crippen LogP contribution is -2.60. The van der Waals surface area contributed by atoms with E-state index in [4.69, 9.17) is 14.5 Å². The Morgan fingerprint density at radius 2 is 1.93 bits per heavy atom. The monoisotopic (exact) mass is 396 g/mol. The maximum Gasteiger partial charge on any atom is 0.231 e. The van der Waals surface area contributed by atoms with Crippen molar-refractivity contribution in [2.24, 2.45) is 5.92 Å². The Morgan fingerprint density at radius 1 is 1.07 bits per heavy atom. The molecule has 4 fully saturated rings. The van der Waals surface area contributed by atoms with Crippen LogP contribution in [0.5, 0.6) is 11.5 Å². The van der Waals surface area contributed by atoms with E-state index in [2.05, 4.69) is 39.0 Å². The maximum atomic E-state index is 5.67. The van der Waals surface area contributed by atoms with Gasteiger partial charge in [-0.05, 0) is 61.9 Å². The third-order valence-electron chi connectivity index (χ3n) is 6.91. The van der Waals surface area contributed by atoms with E-state index in [1.807, 2.05) is 12.5 Å². The van der Waals surface area contributed by atoms with E-state index < -0.39 is 0 Å². The number of anilines is 1. The minimum atomic E-state index is 0.328. The molecule has 7 heteroatoms. The molecule has 6 nitrogen and oxygen atoms in total. The average molecular weight is 397 g/mol. The topological polar surface area (TPSA) is 50.7 Å². The van der Waals surface area contributed by atoms with Crippen molar-refractivity contribution in [1.82, 2.24) is 14.9 Å². The summed E-state index contributed by atoms with van der Waals surface area (Å²) >= 11 is 1.61. The van der Waals surface area contributed by atoms with E-state index in [1.54, 1.807) is 11.8 Å². The van der Waals surface area contributed by atoms with Gasteiger partial charge in [0.1, 0.15) is 5.82 Å². The molecule has 5 aliphatic heterocycles. The third kappa shape index (κ3) is 2.52. The van der Waals surface area contributed by atoms with Crippen LogP contribution in [0.4, 0.5) is 5.82 Å². The van der Waals surface area contributed by atoms with E-state index in [0.29, 0.717) is 24.8 Å². The molecule has 5 aliphatic rings. The number of nitrogens with zero attached hydrogens (tertiary/aromatic N) is 4. The highest BCUT2D eigenvalue weighted by Gasteiger charge is 2.53. The summed E-state index contributed by atoms with van der Waals surface area (Å²) in [4.78, 5) is 14.5. The summed E-state index contributed by atoms with van der Waals surface area (Å²) in [6.45, 7) is 3.77. The van der Waals surface area contributed by atoms with E-state index in [0.717, 1.165) is 34.9 Å². The van der Waals surface area contributed by atoms with Crippen LogP contribution < -0.4 is 14.4 Å². The van der Waals surface area contributed by atoms with Crippen LogP contribution in [0.3, 0.4) is 0 Å². The Labute approximate surface area is 169 Å². The number of benzene rings is 1. The first-order valence-corrected chi connectivity index (χ1v) is 11.3. The molecule has 28 heavy (non-hydrogen) atoms. The van der Waals surface area contributed by atoms with Crippen LogP contribution in [-0.4, -0.2) is 59.6 Å². The van der Waals surface area contributed by atoms with Crippen molar-refractivity contribution in [3.05, 3.63) is 36.0 Å². The lowest BCUT2D eigenvalue weighted by atomic mass is 9.75. The smallest absolute Gasteiger partial charge is 0.231 e. The van der Waals surface area contributed by atoms with E-state index in [-0.39, 0.29) is 0 Å². The Hall–Kier alpha value is -1.99. The highest BCUT2D eigenvalue weighted by molar-refractivity contribution is 7.98. The summed E-state index contributed by atoms with van der Waals surface area (Å²) in [6, 6.07) is 9.65. The van der Waals surface area contributed by atoms with Crippen LogP contribution in [0.25, 0.3) is 0 Å². The van der Waals surface area contributed by atoms with Gasteiger partial charge in [0.15, 0.2) is 16.7 Å². The number of fused-ring (bicyclic) bond motifs is 3. The normalized spacial score (nSPS) is 32.6. The van der Waals surface area contributed by atoms with E-state index in [9.17, 15) is 0 Å². The molecule has 0 amide bonds. The molecule has 7 rings (SSSR count). The molecule has 6 heterocycles. The predicted octanol–water partition coefficient (Wildman–Crippen LogP) is 2.99. The third-order valence-corrected chi connectivity index (χ3v) is 7.48. The summed E-state index contributed by atoms with van der Waals surface area (Å²) in [5.41, 5.74) is 1.36. The molecular formula is C21H24N4O2S. The number of piperidine rings is 3. The second-order valence-electron chi connectivity index (χ2n) is 8.13. The molecule has 1 aromatic carbocycles. The Morgan fingerprint density at radius 3 is 2.79 bits per heavy atom. The van der Waals surface area contributed by atoms with Crippen molar-refractivity contribution in [3.63, 3.8) is 0 Å². The van der Waals surface area contributed by atoms with Gasteiger partial charge in [-0.1, -0.05) is 17.8 Å². The van der Waals surface area contributed by atoms with Gasteiger partial charge in [-0.3, -0.25) is 4.90 Å². The molecule has 3 atom stereocenters. The fourth-order valence-corrected chi connectivity index (χ4v) is 6.06. The molecule has 0 aliphatic carbocycles. The Kier molecular flexibility index (Phi) is 3.94. The van der Waals surface area contributed by atoms with Gasteiger partial charge in [-0.25, -0.2) is 9.97 Å². The quantitative estimate of drug-likeness (QED) is 0.584. The number of ether oxygens (including phenoxy) is 2. The molecular weight excluding hydrogens is 372 g/mol. The largest absolute Gasteiger partial charge is 0.454 e. The first-order valence-electron chi connectivity index (χ1n) is 10.1. The summed E-state index contributed by atoms with van der Waals surface area (Å²) in [5, 5.41) is 0.849. The van der Waals surface area contributed by atoms with Crippen LogP contribution in [0.2, 0.25) is 0 Å². The zero-order valence-corrected chi connectivity index (χ0v) is 16.8. The summed E-state index contributed by atoms with van der Waals surface area (Å²) in [6.07, 6.45) is 6.53. The van der Waals surface area contributed by atoms with Crippen LogP contribution in [0.15, 0.2) is 35.6 Å². The number of thioether (sulfide) groups is 1. The van der Waals surface area contributed by atoms with Crippen molar-refractivity contribution in [1.29, 1.82) is 0 Å². The first kappa shape index (κ1) is 16.9. The number of hydrogen-bond acceptors (Lipinski definition) is 7. The van der Waals surface area contributed by atoms with Gasteiger partial charge >= 0.3 is 0 Å². The Bertz CT molecular complexity index is 902. The van der Waals surface area contributed by atoms with Crippen molar-refractivity contribution >= 4 is 17.6 Å². The van der Waals surface area contributed by atoms with Crippen molar-refractivity contribution in [2.45, 2.75) is 36.0 Å². The highest BCUT2D eigenvalue weighted by atomic mass is 32.2. The molecule has 0 radical (unpaired) electrons. The molecule has 0 spiro atoms. The first-order chi connectivity index (χ1) is 13.8. The second kappa shape index (κ2) is 6.52. The van der Waals surface area contributed by atoms with Gasteiger partial charge in [-0.15, -0.1) is 0 Å². The van der Waals surface area contributed by atoms with E-state index in [1.165, 1.54) is 31.5 Å². The van der Waals surface area contributed by atoms with Crippen molar-refractivity contribution < 1.29 is 9.47 Å². The van der Waals surface area contributed by atoms with Crippen molar-refractivity contribution in [2.75, 3.05) is 37.6 Å². The van der Waals surface area contributed by atoms with Crippen LogP contribution in [-0.2, 0) is 0 Å². The lowest BCUT2D eigenvalue weighted by Gasteiger charge is -2.51. The summed E-state index contributed by atoms with van der Waals surface area (Å²) < 4.78 is 11.2. The number of aromatic nitrogens is 2. The van der Waals surface area contributed by atoms with Crippen LogP contribution in [0.1, 0.15) is 24.3 Å². The molecule has 0 unspecified atom stereocenters. The van der Waals surface area contributed by atoms with Gasteiger partial charge in [0.05, 0.1) is 0 Å².